The SMILES string of the molecule is COCCN(Cc1ccc(C)cc1Br)CC1CCCN1. The Labute approximate surface area is 130 Å². The first-order valence-electron chi connectivity index (χ1n) is 7.38. The van der Waals surface area contributed by atoms with E-state index in [4.69, 9.17) is 4.74 Å². The van der Waals surface area contributed by atoms with Crippen molar-refractivity contribution in [3.05, 3.63) is 33.8 Å². The van der Waals surface area contributed by atoms with E-state index in [-0.39, 0.29) is 0 Å². The van der Waals surface area contributed by atoms with Crippen molar-refractivity contribution < 1.29 is 4.74 Å². The molecule has 4 heteroatoms. The normalized spacial score (nSPS) is 18.9. The van der Waals surface area contributed by atoms with Gasteiger partial charge in [-0.15, -0.1) is 0 Å². The van der Waals surface area contributed by atoms with Gasteiger partial charge in [0.25, 0.3) is 0 Å². The highest BCUT2D eigenvalue weighted by atomic mass is 79.9. The zero-order chi connectivity index (χ0) is 14.4. The molecular formula is C16H25BrN2O. The largest absolute Gasteiger partial charge is 0.383 e. The Balaban J connectivity index is 1.97. The van der Waals surface area contributed by atoms with Crippen molar-refractivity contribution >= 4 is 15.9 Å². The Hall–Kier alpha value is -0.420. The number of ether oxygens (including phenoxy) is 1. The maximum Gasteiger partial charge on any atom is 0.0589 e. The van der Waals surface area contributed by atoms with Gasteiger partial charge in [-0.05, 0) is 43.5 Å². The monoisotopic (exact) mass is 340 g/mol. The minimum Gasteiger partial charge on any atom is -0.383 e. The predicted molar refractivity (Wildman–Crippen MR) is 87.1 cm³/mol. The van der Waals surface area contributed by atoms with Crippen LogP contribution in [0.1, 0.15) is 24.0 Å². The van der Waals surface area contributed by atoms with E-state index >= 15 is 0 Å². The van der Waals surface area contributed by atoms with Crippen LogP contribution in [0.2, 0.25) is 0 Å². The van der Waals surface area contributed by atoms with Crippen molar-refractivity contribution in [3.8, 4) is 0 Å². The molecule has 1 aliphatic rings. The first kappa shape index (κ1) is 16.0. The number of nitrogens with zero attached hydrogens (tertiary/aromatic N) is 1. The van der Waals surface area contributed by atoms with Gasteiger partial charge in [0.1, 0.15) is 0 Å². The van der Waals surface area contributed by atoms with E-state index in [9.17, 15) is 0 Å². The van der Waals surface area contributed by atoms with Gasteiger partial charge in [0.05, 0.1) is 6.61 Å². The molecule has 0 spiro atoms. The molecule has 1 N–H and O–H groups in total. The van der Waals surface area contributed by atoms with Gasteiger partial charge in [-0.25, -0.2) is 0 Å². The Kier molecular flexibility index (Phi) is 6.49. The summed E-state index contributed by atoms with van der Waals surface area (Å²) >= 11 is 3.68. The van der Waals surface area contributed by atoms with Crippen LogP contribution in [0.5, 0.6) is 0 Å². The van der Waals surface area contributed by atoms with Crippen LogP contribution in [0.3, 0.4) is 0 Å². The molecule has 0 aromatic heterocycles. The molecule has 1 atom stereocenters. The molecule has 1 heterocycles. The summed E-state index contributed by atoms with van der Waals surface area (Å²) in [6.07, 6.45) is 2.59. The van der Waals surface area contributed by atoms with Gasteiger partial charge in [-0.2, -0.15) is 0 Å². The molecule has 112 valence electrons. The second-order valence-electron chi connectivity index (χ2n) is 5.62. The predicted octanol–water partition coefficient (Wildman–Crippen LogP) is 2.96. The lowest BCUT2D eigenvalue weighted by Crippen LogP contribution is -2.38. The molecule has 20 heavy (non-hydrogen) atoms. The molecule has 1 aliphatic heterocycles. The average Bonchev–Trinajstić information content (AvgIpc) is 2.92. The van der Waals surface area contributed by atoms with Crippen molar-refractivity contribution in [2.24, 2.45) is 0 Å². The fourth-order valence-corrected chi connectivity index (χ4v) is 3.32. The lowest BCUT2D eigenvalue weighted by Gasteiger charge is -2.26. The fourth-order valence-electron chi connectivity index (χ4n) is 2.70. The molecule has 0 aliphatic carbocycles. The molecule has 0 radical (unpaired) electrons. The summed E-state index contributed by atoms with van der Waals surface area (Å²) in [4.78, 5) is 2.49. The molecule has 1 aromatic rings. The molecule has 0 saturated carbocycles. The molecule has 0 bridgehead atoms. The van der Waals surface area contributed by atoms with Gasteiger partial charge in [-0.3, -0.25) is 4.90 Å². The van der Waals surface area contributed by atoms with Crippen LogP contribution in [0.15, 0.2) is 22.7 Å². The summed E-state index contributed by atoms with van der Waals surface area (Å²) < 4.78 is 6.46. The zero-order valence-electron chi connectivity index (χ0n) is 12.5. The van der Waals surface area contributed by atoms with E-state index in [1.54, 1.807) is 7.11 Å². The van der Waals surface area contributed by atoms with Gasteiger partial charge in [-0.1, -0.05) is 28.1 Å². The molecule has 3 nitrogen and oxygen atoms in total. The van der Waals surface area contributed by atoms with Crippen LogP contribution in [0, 0.1) is 6.92 Å². The molecule has 1 fully saturated rings. The summed E-state index contributed by atoms with van der Waals surface area (Å²) in [6.45, 7) is 7.13. The van der Waals surface area contributed by atoms with Crippen LogP contribution in [-0.4, -0.2) is 44.3 Å². The molecule has 1 saturated heterocycles. The first-order chi connectivity index (χ1) is 9.69. The number of hydrogen-bond donors (Lipinski definition) is 1. The van der Waals surface area contributed by atoms with Crippen molar-refractivity contribution in [2.45, 2.75) is 32.4 Å². The van der Waals surface area contributed by atoms with Crippen LogP contribution >= 0.6 is 15.9 Å². The summed E-state index contributed by atoms with van der Waals surface area (Å²) in [5, 5.41) is 3.58. The Morgan fingerprint density at radius 3 is 2.95 bits per heavy atom. The van der Waals surface area contributed by atoms with Gasteiger partial charge >= 0.3 is 0 Å². The number of benzene rings is 1. The molecular weight excluding hydrogens is 316 g/mol. The molecule has 2 rings (SSSR count). The number of hydrogen-bond acceptors (Lipinski definition) is 3. The maximum atomic E-state index is 5.25. The van der Waals surface area contributed by atoms with E-state index < -0.39 is 0 Å². The second-order valence-corrected chi connectivity index (χ2v) is 6.47. The number of halogens is 1. The van der Waals surface area contributed by atoms with Gasteiger partial charge < -0.3 is 10.1 Å². The van der Waals surface area contributed by atoms with Crippen molar-refractivity contribution in [3.63, 3.8) is 0 Å². The van der Waals surface area contributed by atoms with Gasteiger partial charge in [0, 0.05) is 37.3 Å². The van der Waals surface area contributed by atoms with E-state index in [2.05, 4.69) is 51.3 Å². The van der Waals surface area contributed by atoms with Crippen LogP contribution in [0.4, 0.5) is 0 Å². The number of rotatable bonds is 7. The number of methoxy groups -OCH3 is 1. The summed E-state index contributed by atoms with van der Waals surface area (Å²) in [7, 11) is 1.77. The quantitative estimate of drug-likeness (QED) is 0.825. The van der Waals surface area contributed by atoms with Crippen molar-refractivity contribution in [1.82, 2.24) is 10.2 Å². The van der Waals surface area contributed by atoms with Crippen LogP contribution < -0.4 is 5.32 Å². The highest BCUT2D eigenvalue weighted by Crippen LogP contribution is 2.20. The topological polar surface area (TPSA) is 24.5 Å². The summed E-state index contributed by atoms with van der Waals surface area (Å²) in [6, 6.07) is 7.23. The molecule has 1 unspecified atom stereocenters. The molecule has 1 aromatic carbocycles. The van der Waals surface area contributed by atoms with E-state index in [1.807, 2.05) is 0 Å². The minimum absolute atomic E-state index is 0.635. The Bertz CT molecular complexity index is 419. The average molecular weight is 341 g/mol. The van der Waals surface area contributed by atoms with E-state index in [1.165, 1.54) is 28.4 Å². The van der Waals surface area contributed by atoms with Crippen LogP contribution in [-0.2, 0) is 11.3 Å². The van der Waals surface area contributed by atoms with Crippen LogP contribution in [0.25, 0.3) is 0 Å². The van der Waals surface area contributed by atoms with Gasteiger partial charge in [0.2, 0.25) is 0 Å². The second kappa shape index (κ2) is 8.13. The lowest BCUT2D eigenvalue weighted by atomic mass is 10.1. The molecule has 0 amide bonds. The third-order valence-electron chi connectivity index (χ3n) is 3.86. The van der Waals surface area contributed by atoms with Crippen molar-refractivity contribution in [2.75, 3.05) is 33.4 Å². The third-order valence-corrected chi connectivity index (χ3v) is 4.59. The summed E-state index contributed by atoms with van der Waals surface area (Å²) in [5.41, 5.74) is 2.64. The smallest absolute Gasteiger partial charge is 0.0589 e. The van der Waals surface area contributed by atoms with Gasteiger partial charge in [0.15, 0.2) is 0 Å². The number of aryl methyl sites for hydroxylation is 1. The van der Waals surface area contributed by atoms with E-state index in [0.29, 0.717) is 6.04 Å². The van der Waals surface area contributed by atoms with E-state index in [0.717, 1.165) is 32.8 Å². The standard InChI is InChI=1S/C16H25BrN2O/c1-13-5-6-14(16(17)10-13)11-19(8-9-20-2)12-15-4-3-7-18-15/h5-6,10,15,18H,3-4,7-9,11-12H2,1-2H3. The first-order valence-corrected chi connectivity index (χ1v) is 8.18. The summed E-state index contributed by atoms with van der Waals surface area (Å²) in [5.74, 6) is 0. The third kappa shape index (κ3) is 4.85. The zero-order valence-corrected chi connectivity index (χ0v) is 14.1. The highest BCUT2D eigenvalue weighted by molar-refractivity contribution is 9.10. The lowest BCUT2D eigenvalue weighted by molar-refractivity contribution is 0.138. The number of nitrogens with one attached hydrogen (secondary N) is 1. The Morgan fingerprint density at radius 2 is 2.30 bits per heavy atom. The highest BCUT2D eigenvalue weighted by Gasteiger charge is 2.18. The maximum absolute atomic E-state index is 5.25. The van der Waals surface area contributed by atoms with Crippen molar-refractivity contribution in [1.29, 1.82) is 0 Å². The Morgan fingerprint density at radius 1 is 1.45 bits per heavy atom. The fraction of sp³-hybridized carbons (Fsp3) is 0.625. The minimum atomic E-state index is 0.635.